The lowest BCUT2D eigenvalue weighted by atomic mass is 10.2. The molecule has 10 nitrogen and oxygen atoms in total. The Hall–Kier alpha value is -4.13. The summed E-state index contributed by atoms with van der Waals surface area (Å²) in [6, 6.07) is 11.2. The molecule has 0 bridgehead atoms. The van der Waals surface area contributed by atoms with Crippen LogP contribution in [0.4, 0.5) is 14.9 Å². The molecule has 3 amide bonds. The van der Waals surface area contributed by atoms with Crippen LogP contribution in [0.15, 0.2) is 54.9 Å². The first kappa shape index (κ1) is 27.4. The third kappa shape index (κ3) is 6.53. The molecule has 0 unspecified atom stereocenters. The molecule has 2 N–H and O–H groups in total. The molecule has 1 aliphatic rings. The van der Waals surface area contributed by atoms with E-state index in [1.54, 1.807) is 36.5 Å². The molecule has 0 saturated carbocycles. The summed E-state index contributed by atoms with van der Waals surface area (Å²) >= 11 is 1.43. The molecule has 4 heterocycles. The lowest BCUT2D eigenvalue weighted by Gasteiger charge is -2.26. The van der Waals surface area contributed by atoms with Gasteiger partial charge < -0.3 is 29.7 Å². The van der Waals surface area contributed by atoms with Crippen LogP contribution in [0, 0.1) is 5.82 Å². The van der Waals surface area contributed by atoms with E-state index in [9.17, 15) is 14.0 Å². The van der Waals surface area contributed by atoms with Gasteiger partial charge in [0.1, 0.15) is 5.75 Å². The number of carbonyl (C=O) groups is 2. The van der Waals surface area contributed by atoms with Gasteiger partial charge >= 0.3 is 6.03 Å². The molecule has 0 radical (unpaired) electrons. The smallest absolute Gasteiger partial charge is 0.319 e. The molecule has 1 fully saturated rings. The highest BCUT2D eigenvalue weighted by Gasteiger charge is 2.20. The highest BCUT2D eigenvalue weighted by Crippen LogP contribution is 2.39. The van der Waals surface area contributed by atoms with Crippen LogP contribution >= 0.6 is 11.3 Å². The predicted molar refractivity (Wildman–Crippen MR) is 149 cm³/mol. The van der Waals surface area contributed by atoms with E-state index in [0.717, 1.165) is 20.8 Å². The summed E-state index contributed by atoms with van der Waals surface area (Å²) in [7, 11) is 1.60. The van der Waals surface area contributed by atoms with E-state index in [1.165, 1.54) is 30.4 Å². The largest absolute Gasteiger partial charge is 0.453 e. The average molecular weight is 566 g/mol. The molecule has 40 heavy (non-hydrogen) atoms. The molecule has 0 spiro atoms. The molecular formula is C28H28FN5O5S. The standard InChI is InChI=1S/C28H28FN5O5S/c1-17(35)34(9-10-37-2)14-18-3-5-22(31-13-18)26-12-23-27(40-26)25(7-8-30-23)39-24-6-4-19(11-21(24)29)32-28(36)33-20-15-38-16-20/h3-8,11-13,20H,9-10,14-16H2,1-2H3,(H2,32,33,36). The number of anilines is 1. The summed E-state index contributed by atoms with van der Waals surface area (Å²) in [6.07, 6.45) is 3.35. The fraction of sp³-hybridized carbons (Fsp3) is 0.286. The zero-order chi connectivity index (χ0) is 28.1. The van der Waals surface area contributed by atoms with Crippen LogP contribution in [-0.2, 0) is 20.8 Å². The Morgan fingerprint density at radius 3 is 2.67 bits per heavy atom. The van der Waals surface area contributed by atoms with Gasteiger partial charge in [-0.05, 0) is 29.8 Å². The number of pyridine rings is 2. The zero-order valence-electron chi connectivity index (χ0n) is 22.0. The van der Waals surface area contributed by atoms with E-state index < -0.39 is 11.8 Å². The minimum absolute atomic E-state index is 0.0202. The van der Waals surface area contributed by atoms with Crippen LogP contribution in [-0.4, -0.2) is 66.3 Å². The Bertz CT molecular complexity index is 1510. The van der Waals surface area contributed by atoms with Crippen molar-refractivity contribution < 1.29 is 28.2 Å². The first-order valence-electron chi connectivity index (χ1n) is 12.6. The van der Waals surface area contributed by atoms with Crippen molar-refractivity contribution in [1.29, 1.82) is 0 Å². The number of nitrogens with one attached hydrogen (secondary N) is 2. The first-order valence-corrected chi connectivity index (χ1v) is 13.4. The van der Waals surface area contributed by atoms with Crippen molar-refractivity contribution in [1.82, 2.24) is 20.2 Å². The summed E-state index contributed by atoms with van der Waals surface area (Å²) in [5.41, 5.74) is 2.65. The van der Waals surface area contributed by atoms with Gasteiger partial charge in [-0.1, -0.05) is 6.07 Å². The second-order valence-electron chi connectivity index (χ2n) is 9.20. The van der Waals surface area contributed by atoms with Crippen LogP contribution in [0.5, 0.6) is 11.5 Å². The molecule has 0 atom stereocenters. The average Bonchev–Trinajstić information content (AvgIpc) is 3.36. The number of benzene rings is 1. The van der Waals surface area contributed by atoms with Crippen LogP contribution in [0.25, 0.3) is 20.8 Å². The van der Waals surface area contributed by atoms with E-state index >= 15 is 0 Å². The third-order valence-electron chi connectivity index (χ3n) is 6.22. The van der Waals surface area contributed by atoms with Crippen LogP contribution in [0.2, 0.25) is 0 Å². The van der Waals surface area contributed by atoms with Crippen molar-refractivity contribution in [3.63, 3.8) is 0 Å². The van der Waals surface area contributed by atoms with Crippen molar-refractivity contribution >= 4 is 39.2 Å². The quantitative estimate of drug-likeness (QED) is 0.284. The van der Waals surface area contributed by atoms with E-state index in [2.05, 4.69) is 20.6 Å². The van der Waals surface area contributed by atoms with Crippen LogP contribution in [0.1, 0.15) is 12.5 Å². The van der Waals surface area contributed by atoms with Crippen LogP contribution in [0.3, 0.4) is 0 Å². The van der Waals surface area contributed by atoms with E-state index in [0.29, 0.717) is 49.9 Å². The van der Waals surface area contributed by atoms with Gasteiger partial charge in [0.25, 0.3) is 0 Å². The Morgan fingerprint density at radius 2 is 2.00 bits per heavy atom. The number of halogens is 1. The number of urea groups is 1. The normalized spacial score (nSPS) is 13.1. The summed E-state index contributed by atoms with van der Waals surface area (Å²) in [4.78, 5) is 35.5. The maximum absolute atomic E-state index is 14.9. The third-order valence-corrected chi connectivity index (χ3v) is 7.38. The van der Waals surface area contributed by atoms with E-state index in [4.69, 9.17) is 14.2 Å². The number of hydrogen-bond acceptors (Lipinski definition) is 8. The fourth-order valence-electron chi connectivity index (χ4n) is 4.01. The van der Waals surface area contributed by atoms with E-state index in [-0.39, 0.29) is 17.7 Å². The second-order valence-corrected chi connectivity index (χ2v) is 10.3. The van der Waals surface area contributed by atoms with Crippen molar-refractivity contribution in [3.05, 3.63) is 66.2 Å². The number of carbonyl (C=O) groups excluding carboxylic acids is 2. The number of thiophene rings is 1. The van der Waals surface area contributed by atoms with Gasteiger partial charge in [0.15, 0.2) is 11.6 Å². The molecule has 5 rings (SSSR count). The summed E-state index contributed by atoms with van der Waals surface area (Å²) in [5.74, 6) is -0.173. The monoisotopic (exact) mass is 565 g/mol. The molecule has 1 aliphatic heterocycles. The van der Waals surface area contributed by atoms with Gasteiger partial charge in [0, 0.05) is 57.3 Å². The lowest BCUT2D eigenvalue weighted by Crippen LogP contribution is -2.49. The SMILES string of the molecule is COCCN(Cc1ccc(-c2cc3nccc(Oc4ccc(NC(=O)NC5COC5)cc4F)c3s2)nc1)C(C)=O. The maximum atomic E-state index is 14.9. The number of ether oxygens (including phenoxy) is 3. The highest BCUT2D eigenvalue weighted by atomic mass is 32.1. The predicted octanol–water partition coefficient (Wildman–Crippen LogP) is 4.80. The number of rotatable bonds is 10. The summed E-state index contributed by atoms with van der Waals surface area (Å²) < 4.78 is 31.7. The molecular weight excluding hydrogens is 537 g/mol. The molecule has 0 aliphatic carbocycles. The van der Waals surface area contributed by atoms with Gasteiger partial charge in [-0.3, -0.25) is 14.8 Å². The fourth-order valence-corrected chi connectivity index (χ4v) is 5.05. The molecule has 208 valence electrons. The van der Waals surface area contributed by atoms with Crippen molar-refractivity contribution in [2.75, 3.05) is 38.8 Å². The Kier molecular flexibility index (Phi) is 8.48. The minimum atomic E-state index is -0.617. The molecule has 12 heteroatoms. The number of fused-ring (bicyclic) bond motifs is 1. The minimum Gasteiger partial charge on any atom is -0.453 e. The topological polar surface area (TPSA) is 115 Å². The first-order chi connectivity index (χ1) is 19.4. The molecule has 1 saturated heterocycles. The Morgan fingerprint density at radius 1 is 1.15 bits per heavy atom. The molecule has 3 aromatic heterocycles. The number of hydrogen-bond donors (Lipinski definition) is 2. The Balaban J connectivity index is 1.29. The maximum Gasteiger partial charge on any atom is 0.319 e. The van der Waals surface area contributed by atoms with Crippen LogP contribution < -0.4 is 15.4 Å². The van der Waals surface area contributed by atoms with E-state index in [1.807, 2.05) is 18.2 Å². The summed E-state index contributed by atoms with van der Waals surface area (Å²) in [6.45, 7) is 3.88. The van der Waals surface area contributed by atoms with Gasteiger partial charge in [-0.15, -0.1) is 11.3 Å². The highest BCUT2D eigenvalue weighted by molar-refractivity contribution is 7.22. The second kappa shape index (κ2) is 12.4. The Labute approximate surface area is 234 Å². The molecule has 1 aromatic carbocycles. The van der Waals surface area contributed by atoms with Gasteiger partial charge in [0.05, 0.1) is 46.7 Å². The zero-order valence-corrected chi connectivity index (χ0v) is 22.8. The number of nitrogens with zero attached hydrogens (tertiary/aromatic N) is 3. The van der Waals surface area contributed by atoms with Gasteiger partial charge in [-0.25, -0.2) is 9.18 Å². The van der Waals surface area contributed by atoms with Crippen molar-refractivity contribution in [3.8, 4) is 22.1 Å². The van der Waals surface area contributed by atoms with Gasteiger partial charge in [-0.2, -0.15) is 0 Å². The number of methoxy groups -OCH3 is 1. The molecule has 4 aromatic rings. The number of aromatic nitrogens is 2. The lowest BCUT2D eigenvalue weighted by molar-refractivity contribution is -0.130. The van der Waals surface area contributed by atoms with Crippen molar-refractivity contribution in [2.24, 2.45) is 0 Å². The summed E-state index contributed by atoms with van der Waals surface area (Å²) in [5, 5.41) is 5.35. The number of amides is 3. The van der Waals surface area contributed by atoms with Gasteiger partial charge in [0.2, 0.25) is 5.91 Å². The van der Waals surface area contributed by atoms with Crippen molar-refractivity contribution in [2.45, 2.75) is 19.5 Å².